The van der Waals surface area contributed by atoms with Gasteiger partial charge in [-0.2, -0.15) is 0 Å². The highest BCUT2D eigenvalue weighted by Gasteiger charge is 2.05. The highest BCUT2D eigenvalue weighted by molar-refractivity contribution is 5.99. The van der Waals surface area contributed by atoms with E-state index in [0.29, 0.717) is 17.8 Å². The number of hydrogen-bond donors (Lipinski definition) is 2. The molecular formula is C13H14N4O. The zero-order valence-electron chi connectivity index (χ0n) is 10.1. The molecule has 3 N–H and O–H groups in total. The number of anilines is 2. The minimum atomic E-state index is -0.0433. The van der Waals surface area contributed by atoms with Crippen LogP contribution in [0.3, 0.4) is 0 Å². The average Bonchev–Trinajstić information content (AvgIpc) is 2.38. The summed E-state index contributed by atoms with van der Waals surface area (Å²) >= 11 is 0. The number of nitrogens with two attached hydrogens (primary N) is 1. The number of nitrogens with one attached hydrogen (secondary N) is 1. The van der Waals surface area contributed by atoms with Crippen LogP contribution in [0.5, 0.6) is 0 Å². The summed E-state index contributed by atoms with van der Waals surface area (Å²) in [4.78, 5) is 19.3. The van der Waals surface area contributed by atoms with E-state index in [-0.39, 0.29) is 5.78 Å². The van der Waals surface area contributed by atoms with Gasteiger partial charge in [0.1, 0.15) is 6.33 Å². The summed E-state index contributed by atoms with van der Waals surface area (Å²) in [5.74, 6) is -0.0433. The van der Waals surface area contributed by atoms with Crippen molar-refractivity contribution in [2.24, 2.45) is 0 Å². The van der Waals surface area contributed by atoms with Crippen LogP contribution >= 0.6 is 0 Å². The Labute approximate surface area is 105 Å². The van der Waals surface area contributed by atoms with Crippen molar-refractivity contribution < 1.29 is 4.79 Å². The fourth-order valence-electron chi connectivity index (χ4n) is 1.59. The highest BCUT2D eigenvalue weighted by Crippen LogP contribution is 2.18. The van der Waals surface area contributed by atoms with Crippen molar-refractivity contribution in [3.63, 3.8) is 0 Å². The monoisotopic (exact) mass is 242 g/mol. The number of ketones is 1. The fraction of sp³-hybridized carbons (Fsp3) is 0.154. The van der Waals surface area contributed by atoms with Crippen molar-refractivity contribution in [3.8, 4) is 0 Å². The summed E-state index contributed by atoms with van der Waals surface area (Å²) in [6.07, 6.45) is 3.19. The molecule has 1 aromatic carbocycles. The molecule has 0 bridgehead atoms. The summed E-state index contributed by atoms with van der Waals surface area (Å²) in [7, 11) is 0. The lowest BCUT2D eigenvalue weighted by Crippen LogP contribution is -2.04. The molecule has 0 aliphatic carbocycles. The van der Waals surface area contributed by atoms with E-state index in [1.807, 2.05) is 12.1 Å². The van der Waals surface area contributed by atoms with E-state index in [0.717, 1.165) is 11.4 Å². The number of rotatable bonds is 4. The van der Waals surface area contributed by atoms with Gasteiger partial charge in [0.25, 0.3) is 0 Å². The Morgan fingerprint density at radius 3 is 2.89 bits per heavy atom. The molecule has 0 saturated heterocycles. The van der Waals surface area contributed by atoms with Gasteiger partial charge >= 0.3 is 0 Å². The number of Topliss-reactive ketones (excluding diaryl/α,β-unsaturated/α-hetero) is 1. The van der Waals surface area contributed by atoms with Crippen molar-refractivity contribution in [3.05, 3.63) is 48.0 Å². The second kappa shape index (κ2) is 5.27. The Balaban J connectivity index is 2.11. The minimum Gasteiger partial charge on any atom is -0.398 e. The van der Waals surface area contributed by atoms with Crippen LogP contribution < -0.4 is 11.1 Å². The van der Waals surface area contributed by atoms with Crippen molar-refractivity contribution in [1.29, 1.82) is 0 Å². The van der Waals surface area contributed by atoms with Crippen LogP contribution in [0.1, 0.15) is 23.0 Å². The van der Waals surface area contributed by atoms with E-state index in [1.165, 1.54) is 13.3 Å². The molecule has 5 heteroatoms. The maximum absolute atomic E-state index is 11.4. The molecule has 0 fully saturated rings. The smallest absolute Gasteiger partial charge is 0.161 e. The topological polar surface area (TPSA) is 80.9 Å². The fourth-order valence-corrected chi connectivity index (χ4v) is 1.59. The third-order valence-corrected chi connectivity index (χ3v) is 2.55. The first-order valence-electron chi connectivity index (χ1n) is 5.56. The van der Waals surface area contributed by atoms with E-state index < -0.39 is 0 Å². The van der Waals surface area contributed by atoms with E-state index in [1.54, 1.807) is 18.3 Å². The molecule has 0 aliphatic rings. The Hall–Kier alpha value is -2.43. The Morgan fingerprint density at radius 2 is 2.22 bits per heavy atom. The summed E-state index contributed by atoms with van der Waals surface area (Å²) in [6.45, 7) is 2.07. The van der Waals surface area contributed by atoms with Crippen molar-refractivity contribution in [1.82, 2.24) is 9.97 Å². The van der Waals surface area contributed by atoms with Crippen LogP contribution in [0.2, 0.25) is 0 Å². The average molecular weight is 242 g/mol. The Morgan fingerprint density at radius 1 is 1.39 bits per heavy atom. The van der Waals surface area contributed by atoms with Crippen LogP contribution in [-0.2, 0) is 6.54 Å². The molecule has 18 heavy (non-hydrogen) atoms. The third kappa shape index (κ3) is 2.82. The molecule has 0 aliphatic heterocycles. The highest BCUT2D eigenvalue weighted by atomic mass is 16.1. The molecule has 92 valence electrons. The van der Waals surface area contributed by atoms with Gasteiger partial charge in [0, 0.05) is 23.1 Å². The lowest BCUT2D eigenvalue weighted by Gasteiger charge is -2.08. The van der Waals surface area contributed by atoms with Crippen molar-refractivity contribution >= 4 is 17.2 Å². The number of hydrogen-bond acceptors (Lipinski definition) is 5. The predicted octanol–water partition coefficient (Wildman–Crippen LogP) is 1.87. The summed E-state index contributed by atoms with van der Waals surface area (Å²) in [6, 6.07) is 7.14. The second-order valence-electron chi connectivity index (χ2n) is 3.91. The van der Waals surface area contributed by atoms with E-state index in [4.69, 9.17) is 5.73 Å². The maximum Gasteiger partial charge on any atom is 0.161 e. The van der Waals surface area contributed by atoms with Crippen LogP contribution in [0, 0.1) is 0 Å². The van der Waals surface area contributed by atoms with E-state index in [2.05, 4.69) is 15.3 Å². The number of aromatic nitrogens is 2. The van der Waals surface area contributed by atoms with Crippen LogP contribution in [-0.4, -0.2) is 15.8 Å². The van der Waals surface area contributed by atoms with Gasteiger partial charge < -0.3 is 11.1 Å². The summed E-state index contributed by atoms with van der Waals surface area (Å²) in [5, 5.41) is 3.19. The lowest BCUT2D eigenvalue weighted by atomic mass is 10.1. The van der Waals surface area contributed by atoms with E-state index in [9.17, 15) is 4.79 Å². The predicted molar refractivity (Wildman–Crippen MR) is 70.2 cm³/mol. The van der Waals surface area contributed by atoms with Gasteiger partial charge in [0.05, 0.1) is 12.2 Å². The van der Waals surface area contributed by atoms with Gasteiger partial charge in [-0.05, 0) is 31.2 Å². The second-order valence-corrected chi connectivity index (χ2v) is 3.91. The summed E-state index contributed by atoms with van der Waals surface area (Å²) in [5.41, 5.74) is 8.48. The molecule has 0 saturated carbocycles. The zero-order chi connectivity index (χ0) is 13.0. The first-order chi connectivity index (χ1) is 8.66. The maximum atomic E-state index is 11.4. The molecule has 0 spiro atoms. The molecule has 0 unspecified atom stereocenters. The molecule has 2 rings (SSSR count). The Bertz CT molecular complexity index is 554. The quantitative estimate of drug-likeness (QED) is 0.632. The largest absolute Gasteiger partial charge is 0.398 e. The van der Waals surface area contributed by atoms with Crippen LogP contribution in [0.25, 0.3) is 0 Å². The van der Waals surface area contributed by atoms with Gasteiger partial charge in [-0.25, -0.2) is 9.97 Å². The first kappa shape index (κ1) is 12.0. The van der Waals surface area contributed by atoms with Gasteiger partial charge in [0.15, 0.2) is 5.78 Å². The summed E-state index contributed by atoms with van der Waals surface area (Å²) < 4.78 is 0. The number of carbonyl (C=O) groups is 1. The van der Waals surface area contributed by atoms with Crippen LogP contribution in [0.15, 0.2) is 36.8 Å². The van der Waals surface area contributed by atoms with Crippen molar-refractivity contribution in [2.45, 2.75) is 13.5 Å². The van der Waals surface area contributed by atoms with Crippen molar-refractivity contribution in [2.75, 3.05) is 11.1 Å². The van der Waals surface area contributed by atoms with Crippen LogP contribution in [0.4, 0.5) is 11.4 Å². The molecule has 0 amide bonds. The normalized spacial score (nSPS) is 10.1. The number of nitrogen functional groups attached to an aromatic ring is 1. The number of carbonyl (C=O) groups excluding carboxylic acids is 1. The van der Waals surface area contributed by atoms with Gasteiger partial charge in [-0.3, -0.25) is 4.79 Å². The molecule has 1 aromatic heterocycles. The number of benzene rings is 1. The molecular weight excluding hydrogens is 228 g/mol. The standard InChI is InChI=1S/C13H14N4O/c1-9(18)12-6-10(2-3-13(12)14)16-7-11-4-5-15-8-17-11/h2-6,8,16H,7,14H2,1H3. The molecule has 1 heterocycles. The molecule has 2 aromatic rings. The SMILES string of the molecule is CC(=O)c1cc(NCc2ccncn2)ccc1N. The third-order valence-electron chi connectivity index (χ3n) is 2.55. The van der Waals surface area contributed by atoms with Gasteiger partial charge in [-0.15, -0.1) is 0 Å². The lowest BCUT2D eigenvalue weighted by molar-refractivity contribution is 0.101. The van der Waals surface area contributed by atoms with Gasteiger partial charge in [-0.1, -0.05) is 0 Å². The molecule has 0 radical (unpaired) electrons. The molecule has 5 nitrogen and oxygen atoms in total. The minimum absolute atomic E-state index is 0.0433. The first-order valence-corrected chi connectivity index (χ1v) is 5.56. The molecule has 0 atom stereocenters. The van der Waals surface area contributed by atoms with E-state index >= 15 is 0 Å². The Kier molecular flexibility index (Phi) is 3.52. The number of nitrogens with zero attached hydrogens (tertiary/aromatic N) is 2. The zero-order valence-corrected chi connectivity index (χ0v) is 10.1. The van der Waals surface area contributed by atoms with Gasteiger partial charge in [0.2, 0.25) is 0 Å².